The fraction of sp³-hybridized carbons (Fsp3) is 0.676. The van der Waals surface area contributed by atoms with Gasteiger partial charge in [-0.2, -0.15) is 0 Å². The highest BCUT2D eigenvalue weighted by atomic mass is 16.6. The molecule has 1 aromatic carbocycles. The van der Waals surface area contributed by atoms with E-state index in [1.54, 1.807) is 12.1 Å². The minimum Gasteiger partial charge on any atom is -0.497 e. The van der Waals surface area contributed by atoms with Gasteiger partial charge in [0.15, 0.2) is 11.7 Å². The van der Waals surface area contributed by atoms with Gasteiger partial charge in [0.1, 0.15) is 41.7 Å². The minimum absolute atomic E-state index is 0.0800. The molecule has 1 aliphatic heterocycles. The summed E-state index contributed by atoms with van der Waals surface area (Å²) in [4.78, 5) is 80.1. The number of fused-ring (bicyclic) bond motifs is 2. The molecule has 5 aliphatic carbocycles. The first-order valence-electron chi connectivity index (χ1n) is 17.8. The summed E-state index contributed by atoms with van der Waals surface area (Å²) in [6.07, 6.45) is -5.99. The van der Waals surface area contributed by atoms with E-state index in [-0.39, 0.29) is 24.8 Å². The number of hydrogen-bond acceptors (Lipinski definition) is 17. The Morgan fingerprint density at radius 2 is 1.46 bits per heavy atom. The van der Waals surface area contributed by atoms with Gasteiger partial charge in [-0.1, -0.05) is 0 Å². The van der Waals surface area contributed by atoms with E-state index in [4.69, 9.17) is 42.6 Å². The summed E-state index contributed by atoms with van der Waals surface area (Å²) in [7, 11) is 4.32. The number of ether oxygens (including phenoxy) is 9. The first kappa shape index (κ1) is 38.0. The van der Waals surface area contributed by atoms with Crippen molar-refractivity contribution in [1.29, 1.82) is 0 Å². The Kier molecular flexibility index (Phi) is 9.26. The van der Waals surface area contributed by atoms with Gasteiger partial charge in [-0.3, -0.25) is 24.0 Å². The molecule has 1 saturated heterocycles. The molecular weight excluding hydrogens is 714 g/mol. The van der Waals surface area contributed by atoms with Gasteiger partial charge in [-0.15, -0.1) is 0 Å². The highest BCUT2D eigenvalue weighted by Gasteiger charge is 2.92. The molecule has 17 nitrogen and oxygen atoms in total. The summed E-state index contributed by atoms with van der Waals surface area (Å²) in [5, 5.41) is 11.3. The van der Waals surface area contributed by atoms with Crippen molar-refractivity contribution in [1.82, 2.24) is 5.48 Å². The van der Waals surface area contributed by atoms with E-state index in [0.29, 0.717) is 5.75 Å². The van der Waals surface area contributed by atoms with Gasteiger partial charge in [-0.25, -0.2) is 10.3 Å². The van der Waals surface area contributed by atoms with Crippen LogP contribution in [0.2, 0.25) is 0 Å². The Labute approximate surface area is 310 Å². The molecular formula is C37H45NO16. The van der Waals surface area contributed by atoms with Crippen LogP contribution in [0, 0.1) is 34.5 Å². The van der Waals surface area contributed by atoms with Crippen LogP contribution in [-0.4, -0.2) is 117 Å². The molecule has 0 amide bonds. The average Bonchev–Trinajstić information content (AvgIpc) is 3.67. The van der Waals surface area contributed by atoms with E-state index in [1.165, 1.54) is 61.2 Å². The van der Waals surface area contributed by atoms with Crippen LogP contribution in [0.25, 0.3) is 0 Å². The maximum Gasteiger partial charge on any atom is 0.338 e. The van der Waals surface area contributed by atoms with E-state index in [1.807, 2.05) is 0 Å². The third-order valence-electron chi connectivity index (χ3n) is 13.2. The minimum atomic E-state index is -1.82. The molecule has 14 atom stereocenters. The van der Waals surface area contributed by atoms with Crippen molar-refractivity contribution in [3.8, 4) is 5.75 Å². The molecule has 1 aromatic rings. The zero-order valence-electron chi connectivity index (χ0n) is 31.0. The van der Waals surface area contributed by atoms with Crippen molar-refractivity contribution in [3.63, 3.8) is 0 Å². The zero-order chi connectivity index (χ0) is 39.1. The van der Waals surface area contributed by atoms with E-state index in [2.05, 4.69) is 5.48 Å². The van der Waals surface area contributed by atoms with E-state index < -0.39 is 125 Å². The van der Waals surface area contributed by atoms with Crippen LogP contribution in [0.3, 0.4) is 0 Å². The molecule has 5 saturated carbocycles. The van der Waals surface area contributed by atoms with Crippen molar-refractivity contribution in [2.24, 2.45) is 34.5 Å². The van der Waals surface area contributed by atoms with Crippen molar-refractivity contribution in [3.05, 3.63) is 29.8 Å². The third kappa shape index (κ3) is 4.90. The van der Waals surface area contributed by atoms with Crippen LogP contribution in [0.1, 0.15) is 57.3 Å². The Morgan fingerprint density at radius 3 is 2.02 bits per heavy atom. The summed E-state index contributed by atoms with van der Waals surface area (Å²) in [6, 6.07) is 5.14. The van der Waals surface area contributed by atoms with Crippen molar-refractivity contribution in [2.75, 3.05) is 27.9 Å². The van der Waals surface area contributed by atoms with Crippen molar-refractivity contribution in [2.45, 2.75) is 94.7 Å². The average molecular weight is 760 g/mol. The fourth-order valence-electron chi connectivity index (χ4n) is 12.0. The Balaban J connectivity index is 1.50. The molecule has 1 heterocycles. The van der Waals surface area contributed by atoms with Gasteiger partial charge in [0.2, 0.25) is 0 Å². The largest absolute Gasteiger partial charge is 0.497 e. The number of nitrogens with one attached hydrogen (secondary N) is 1. The molecule has 54 heavy (non-hydrogen) atoms. The molecule has 7 rings (SSSR count). The molecule has 0 spiro atoms. The topological polar surface area (TPSA) is 218 Å². The highest BCUT2D eigenvalue weighted by Crippen LogP contribution is 2.80. The molecule has 4 bridgehead atoms. The van der Waals surface area contributed by atoms with Crippen LogP contribution >= 0.6 is 0 Å². The second-order valence-electron chi connectivity index (χ2n) is 15.3. The SMILES string of the molecule is COc1ccc(C(=O)O[C@@H]2[C@H]3[C@H]4C[C@]2(OC(C)=O)[C@@H](OC)C[C@]3(OC(C)=O)[C@@H]2C(NO)[C@]43[C@@H](OC)C[C@@H](OC(C)=O)[C@@]4(COC(C)=O)C(=O)O[C@@H]2[C@H]43)cc1. The van der Waals surface area contributed by atoms with Crippen LogP contribution in [0.4, 0.5) is 0 Å². The molecule has 17 heteroatoms. The third-order valence-corrected chi connectivity index (χ3v) is 13.2. The lowest BCUT2D eigenvalue weighted by atomic mass is 9.45. The van der Waals surface area contributed by atoms with Gasteiger partial charge in [0.05, 0.1) is 30.7 Å². The predicted molar refractivity (Wildman–Crippen MR) is 176 cm³/mol. The quantitative estimate of drug-likeness (QED) is 0.185. The first-order valence-corrected chi connectivity index (χ1v) is 17.8. The lowest BCUT2D eigenvalue weighted by Gasteiger charge is -2.63. The van der Waals surface area contributed by atoms with Crippen molar-refractivity contribution >= 4 is 35.8 Å². The van der Waals surface area contributed by atoms with Crippen molar-refractivity contribution < 1.29 is 76.6 Å². The van der Waals surface area contributed by atoms with Gasteiger partial charge >= 0.3 is 35.8 Å². The molecule has 0 radical (unpaired) electrons. The van der Waals surface area contributed by atoms with Crippen LogP contribution in [-0.2, 0) is 61.9 Å². The van der Waals surface area contributed by atoms with Crippen LogP contribution in [0.15, 0.2) is 24.3 Å². The summed E-state index contributed by atoms with van der Waals surface area (Å²) in [6.45, 7) is 4.24. The normalized spacial score (nSPS) is 41.9. The number of carbonyl (C=O) groups is 6. The second-order valence-corrected chi connectivity index (χ2v) is 15.3. The van der Waals surface area contributed by atoms with E-state index in [0.717, 1.165) is 0 Å². The first-order chi connectivity index (χ1) is 25.6. The monoisotopic (exact) mass is 759 g/mol. The number of hydroxylamine groups is 1. The molecule has 6 aliphatic rings. The maximum absolute atomic E-state index is 14.5. The standard InChI is InChI=1S/C37H45NO16/c1-16(39)49-15-34-23(50-17(2)40)12-24(47-6)37-22-13-35(53-18(3)41)25(48-7)14-36(54-19(4)42,27(30(37)38-45)28(29(34)37)51-33(34)44)26(22)31(35)52-32(43)20-8-10-21(46-5)11-9-20/h8-11,22-31,38,45H,12-15H2,1-7H3/t22-,23-,24+,25+,26-,27+,28+,29-,30?,31-,34-,35+,36-,37+/m1/s1. The number of methoxy groups -OCH3 is 3. The van der Waals surface area contributed by atoms with Gasteiger partial charge in [0.25, 0.3) is 0 Å². The lowest BCUT2D eigenvalue weighted by Crippen LogP contribution is -2.76. The summed E-state index contributed by atoms with van der Waals surface area (Å²) in [5.41, 5.74) is -3.97. The molecule has 294 valence electrons. The number of esters is 6. The number of rotatable bonds is 11. The maximum atomic E-state index is 14.5. The molecule has 0 aromatic heterocycles. The number of carbonyl (C=O) groups excluding carboxylic acids is 6. The van der Waals surface area contributed by atoms with Gasteiger partial charge in [-0.05, 0) is 36.6 Å². The van der Waals surface area contributed by atoms with E-state index >= 15 is 0 Å². The molecule has 1 unspecified atom stereocenters. The highest BCUT2D eigenvalue weighted by molar-refractivity contribution is 5.90. The summed E-state index contributed by atoms with van der Waals surface area (Å²) >= 11 is 0. The smallest absolute Gasteiger partial charge is 0.338 e. The fourth-order valence-corrected chi connectivity index (χ4v) is 12.0. The van der Waals surface area contributed by atoms with Gasteiger partial charge < -0.3 is 47.8 Å². The predicted octanol–water partition coefficient (Wildman–Crippen LogP) is 1.30. The Hall–Kier alpha value is -4.32. The molecule has 6 fully saturated rings. The zero-order valence-corrected chi connectivity index (χ0v) is 31.0. The molecule has 2 N–H and O–H groups in total. The van der Waals surface area contributed by atoms with E-state index in [9.17, 15) is 34.0 Å². The summed E-state index contributed by atoms with van der Waals surface area (Å²) in [5.74, 6) is -7.87. The number of hydrogen-bond donors (Lipinski definition) is 2. The van der Waals surface area contributed by atoms with Crippen LogP contribution < -0.4 is 10.2 Å². The lowest BCUT2D eigenvalue weighted by molar-refractivity contribution is -0.281. The Morgan fingerprint density at radius 1 is 0.815 bits per heavy atom. The summed E-state index contributed by atoms with van der Waals surface area (Å²) < 4.78 is 54.4. The van der Waals surface area contributed by atoms with Crippen LogP contribution in [0.5, 0.6) is 5.75 Å². The van der Waals surface area contributed by atoms with Gasteiger partial charge in [0, 0.05) is 72.0 Å². The number of benzene rings is 1. The second kappa shape index (κ2) is 13.2. The Bertz CT molecular complexity index is 1750.